The summed E-state index contributed by atoms with van der Waals surface area (Å²) >= 11 is 7.29. The zero-order chi connectivity index (χ0) is 9.26. The highest BCUT2D eigenvalue weighted by Gasteiger charge is 2.09. The molecule has 2 nitrogen and oxygen atoms in total. The summed E-state index contributed by atoms with van der Waals surface area (Å²) in [5.74, 6) is 0.408. The van der Waals surface area contributed by atoms with Gasteiger partial charge < -0.3 is 5.73 Å². The molecule has 0 aliphatic heterocycles. The number of rotatable bonds is 1. The van der Waals surface area contributed by atoms with Gasteiger partial charge in [-0.15, -0.1) is 0 Å². The van der Waals surface area contributed by atoms with Crippen LogP contribution in [0.15, 0.2) is 30.3 Å². The van der Waals surface area contributed by atoms with Crippen LogP contribution < -0.4 is 5.73 Å². The fourth-order valence-corrected chi connectivity index (χ4v) is 2.07. The van der Waals surface area contributed by atoms with Gasteiger partial charge in [0.05, 0.1) is 4.88 Å². The van der Waals surface area contributed by atoms with E-state index in [0.717, 1.165) is 10.4 Å². The number of nitrogens with zero attached hydrogens (tertiary/aromatic N) is 1. The highest BCUT2D eigenvalue weighted by atomic mass is 35.5. The minimum absolute atomic E-state index is 0.408. The number of halogens is 1. The fourth-order valence-electron chi connectivity index (χ4n) is 1.06. The maximum atomic E-state index is 5.97. The van der Waals surface area contributed by atoms with E-state index in [1.165, 1.54) is 11.5 Å². The van der Waals surface area contributed by atoms with Gasteiger partial charge in [-0.2, -0.15) is 4.37 Å². The van der Waals surface area contributed by atoms with Crippen LogP contribution >= 0.6 is 23.1 Å². The van der Waals surface area contributed by atoms with Gasteiger partial charge in [0.2, 0.25) is 0 Å². The normalized spacial score (nSPS) is 10.2. The lowest BCUT2D eigenvalue weighted by molar-refractivity contribution is 1.56. The number of anilines is 1. The quantitative estimate of drug-likeness (QED) is 0.786. The van der Waals surface area contributed by atoms with Gasteiger partial charge in [0.1, 0.15) is 5.02 Å². The van der Waals surface area contributed by atoms with Gasteiger partial charge in [-0.05, 0) is 17.1 Å². The average Bonchev–Trinajstić information content (AvgIpc) is 2.49. The molecule has 2 N–H and O–H groups in total. The third-order valence-electron chi connectivity index (χ3n) is 1.70. The molecule has 1 aromatic carbocycles. The van der Waals surface area contributed by atoms with Crippen LogP contribution in [-0.4, -0.2) is 4.37 Å². The van der Waals surface area contributed by atoms with Crippen LogP contribution in [0.25, 0.3) is 10.4 Å². The molecule has 0 fully saturated rings. The van der Waals surface area contributed by atoms with Crippen molar-refractivity contribution < 1.29 is 0 Å². The molecule has 0 atom stereocenters. The summed E-state index contributed by atoms with van der Waals surface area (Å²) in [5.41, 5.74) is 6.60. The van der Waals surface area contributed by atoms with Crippen molar-refractivity contribution in [1.29, 1.82) is 0 Å². The summed E-state index contributed by atoms with van der Waals surface area (Å²) < 4.78 is 3.98. The van der Waals surface area contributed by atoms with Crippen molar-refractivity contribution in [3.63, 3.8) is 0 Å². The van der Waals surface area contributed by atoms with Gasteiger partial charge in [-0.25, -0.2) is 0 Å². The Hall–Kier alpha value is -1.06. The lowest BCUT2D eigenvalue weighted by Crippen LogP contribution is -1.82. The van der Waals surface area contributed by atoms with Crippen molar-refractivity contribution in [3.8, 4) is 10.4 Å². The van der Waals surface area contributed by atoms with E-state index in [9.17, 15) is 0 Å². The molecule has 66 valence electrons. The molecule has 2 rings (SSSR count). The first kappa shape index (κ1) is 8.53. The SMILES string of the molecule is Nc1nsc(-c2ccccc2)c1Cl. The van der Waals surface area contributed by atoms with Crippen LogP contribution in [0.4, 0.5) is 5.82 Å². The second kappa shape index (κ2) is 3.36. The van der Waals surface area contributed by atoms with E-state index in [0.29, 0.717) is 10.8 Å². The summed E-state index contributed by atoms with van der Waals surface area (Å²) in [6, 6.07) is 9.85. The first-order chi connectivity index (χ1) is 6.29. The van der Waals surface area contributed by atoms with Crippen LogP contribution in [0.1, 0.15) is 0 Å². The molecule has 0 amide bonds. The average molecular weight is 211 g/mol. The van der Waals surface area contributed by atoms with E-state index >= 15 is 0 Å². The van der Waals surface area contributed by atoms with Gasteiger partial charge in [0.25, 0.3) is 0 Å². The molecule has 0 saturated carbocycles. The van der Waals surface area contributed by atoms with Gasteiger partial charge in [-0.1, -0.05) is 41.9 Å². The fraction of sp³-hybridized carbons (Fsp3) is 0. The summed E-state index contributed by atoms with van der Waals surface area (Å²) in [7, 11) is 0. The highest BCUT2D eigenvalue weighted by Crippen LogP contribution is 2.35. The molecule has 0 aliphatic rings. The molecular weight excluding hydrogens is 204 g/mol. The number of benzene rings is 1. The van der Waals surface area contributed by atoms with Crippen molar-refractivity contribution >= 4 is 29.0 Å². The third kappa shape index (κ3) is 1.53. The topological polar surface area (TPSA) is 38.9 Å². The Morgan fingerprint density at radius 2 is 1.92 bits per heavy atom. The van der Waals surface area contributed by atoms with Crippen molar-refractivity contribution in [2.75, 3.05) is 5.73 Å². The molecule has 1 aromatic heterocycles. The zero-order valence-corrected chi connectivity index (χ0v) is 8.27. The van der Waals surface area contributed by atoms with E-state index in [-0.39, 0.29) is 0 Å². The Bertz CT molecular complexity index is 411. The Morgan fingerprint density at radius 3 is 2.46 bits per heavy atom. The zero-order valence-electron chi connectivity index (χ0n) is 6.70. The molecule has 0 unspecified atom stereocenters. The van der Waals surface area contributed by atoms with E-state index in [2.05, 4.69) is 4.37 Å². The first-order valence-electron chi connectivity index (χ1n) is 3.75. The number of hydrogen-bond donors (Lipinski definition) is 1. The van der Waals surface area contributed by atoms with E-state index < -0.39 is 0 Å². The Labute approximate surface area is 85.1 Å². The molecule has 0 bridgehead atoms. The van der Waals surface area contributed by atoms with Crippen LogP contribution in [0, 0.1) is 0 Å². The minimum atomic E-state index is 0.408. The highest BCUT2D eigenvalue weighted by molar-refractivity contribution is 7.10. The Kier molecular flexibility index (Phi) is 2.20. The van der Waals surface area contributed by atoms with Crippen molar-refractivity contribution in [2.24, 2.45) is 0 Å². The number of nitrogen functional groups attached to an aromatic ring is 1. The van der Waals surface area contributed by atoms with E-state index in [1.54, 1.807) is 0 Å². The number of hydrogen-bond acceptors (Lipinski definition) is 3. The first-order valence-corrected chi connectivity index (χ1v) is 4.90. The molecule has 0 aliphatic carbocycles. The number of nitrogens with two attached hydrogens (primary N) is 1. The summed E-state index contributed by atoms with van der Waals surface area (Å²) in [4.78, 5) is 0.930. The molecule has 0 spiro atoms. The third-order valence-corrected chi connectivity index (χ3v) is 3.10. The maximum absolute atomic E-state index is 5.97. The van der Waals surface area contributed by atoms with Crippen molar-refractivity contribution in [1.82, 2.24) is 4.37 Å². The standard InChI is InChI=1S/C9H7ClN2S/c10-7-8(13-12-9(7)11)6-4-2-1-3-5-6/h1-5H,(H2,11,12). The molecule has 1 heterocycles. The van der Waals surface area contributed by atoms with E-state index in [4.69, 9.17) is 17.3 Å². The van der Waals surface area contributed by atoms with Gasteiger partial charge in [0, 0.05) is 0 Å². The predicted octanol–water partition coefficient (Wildman–Crippen LogP) is 3.05. The van der Waals surface area contributed by atoms with Crippen LogP contribution in [-0.2, 0) is 0 Å². The second-order valence-corrected chi connectivity index (χ2v) is 3.73. The minimum Gasteiger partial charge on any atom is -0.382 e. The molecule has 0 saturated heterocycles. The van der Waals surface area contributed by atoms with Crippen LogP contribution in [0.5, 0.6) is 0 Å². The Morgan fingerprint density at radius 1 is 1.23 bits per heavy atom. The van der Waals surface area contributed by atoms with Gasteiger partial charge in [0.15, 0.2) is 5.82 Å². The lowest BCUT2D eigenvalue weighted by Gasteiger charge is -1.95. The van der Waals surface area contributed by atoms with Crippen molar-refractivity contribution in [2.45, 2.75) is 0 Å². The molecule has 2 aromatic rings. The monoisotopic (exact) mass is 210 g/mol. The van der Waals surface area contributed by atoms with Crippen LogP contribution in [0.2, 0.25) is 5.02 Å². The van der Waals surface area contributed by atoms with Crippen molar-refractivity contribution in [3.05, 3.63) is 35.4 Å². The predicted molar refractivity (Wildman–Crippen MR) is 57.0 cm³/mol. The maximum Gasteiger partial charge on any atom is 0.156 e. The molecular formula is C9H7ClN2S. The molecule has 0 radical (unpaired) electrons. The molecule has 4 heteroatoms. The van der Waals surface area contributed by atoms with Gasteiger partial charge >= 0.3 is 0 Å². The molecule has 13 heavy (non-hydrogen) atoms. The van der Waals surface area contributed by atoms with Gasteiger partial charge in [-0.3, -0.25) is 0 Å². The summed E-state index contributed by atoms with van der Waals surface area (Å²) in [5, 5.41) is 0.552. The largest absolute Gasteiger partial charge is 0.382 e. The van der Waals surface area contributed by atoms with Crippen LogP contribution in [0.3, 0.4) is 0 Å². The number of aromatic nitrogens is 1. The lowest BCUT2D eigenvalue weighted by atomic mass is 10.2. The smallest absolute Gasteiger partial charge is 0.156 e. The summed E-state index contributed by atoms with van der Waals surface area (Å²) in [6.07, 6.45) is 0. The Balaban J connectivity index is 2.53. The summed E-state index contributed by atoms with van der Waals surface area (Å²) in [6.45, 7) is 0. The second-order valence-electron chi connectivity index (χ2n) is 2.58. The van der Waals surface area contributed by atoms with E-state index in [1.807, 2.05) is 30.3 Å².